The molecule has 0 spiro atoms. The fraction of sp³-hybridized carbons (Fsp3) is 0.500. The highest BCUT2D eigenvalue weighted by Gasteiger charge is 2.43. The van der Waals surface area contributed by atoms with Gasteiger partial charge < -0.3 is 15.0 Å². The van der Waals surface area contributed by atoms with Crippen LogP contribution in [-0.2, 0) is 9.53 Å². The van der Waals surface area contributed by atoms with Crippen molar-refractivity contribution in [1.29, 1.82) is 0 Å². The summed E-state index contributed by atoms with van der Waals surface area (Å²) in [7, 11) is 1.52. The number of hydrogen-bond acceptors (Lipinski definition) is 4. The Morgan fingerprint density at radius 1 is 1.07 bits per heavy atom. The maximum absolute atomic E-state index is 14.4. The Hall–Kier alpha value is -2.59. The van der Waals surface area contributed by atoms with E-state index < -0.39 is 29.5 Å². The molecule has 162 valence electrons. The van der Waals surface area contributed by atoms with Gasteiger partial charge in [-0.3, -0.25) is 14.6 Å². The van der Waals surface area contributed by atoms with E-state index in [0.717, 1.165) is 26.1 Å². The molecule has 1 aromatic carbocycles. The van der Waals surface area contributed by atoms with E-state index in [1.165, 1.54) is 11.9 Å². The molecule has 3 aliphatic heterocycles. The zero-order chi connectivity index (χ0) is 21.4. The number of benzene rings is 1. The van der Waals surface area contributed by atoms with Crippen molar-refractivity contribution >= 4 is 11.9 Å². The van der Waals surface area contributed by atoms with E-state index in [1.54, 1.807) is 4.90 Å². The second-order valence-electron chi connectivity index (χ2n) is 7.62. The number of nitrogens with zero attached hydrogens (tertiary/aromatic N) is 3. The van der Waals surface area contributed by atoms with Crippen LogP contribution in [0.15, 0.2) is 23.4 Å². The van der Waals surface area contributed by atoms with Gasteiger partial charge in [0.1, 0.15) is 5.82 Å². The Bertz CT molecular complexity index is 902. The third-order valence-corrected chi connectivity index (χ3v) is 5.79. The second-order valence-corrected chi connectivity index (χ2v) is 7.62. The number of rotatable bonds is 5. The lowest BCUT2D eigenvalue weighted by atomic mass is 9.95. The molecule has 4 rings (SSSR count). The predicted molar refractivity (Wildman–Crippen MR) is 101 cm³/mol. The quantitative estimate of drug-likeness (QED) is 0.730. The van der Waals surface area contributed by atoms with Gasteiger partial charge in [0.2, 0.25) is 0 Å². The van der Waals surface area contributed by atoms with Gasteiger partial charge >= 0.3 is 6.03 Å². The first-order valence-corrected chi connectivity index (χ1v) is 9.88. The van der Waals surface area contributed by atoms with Crippen LogP contribution >= 0.6 is 0 Å². The lowest BCUT2D eigenvalue weighted by Gasteiger charge is -2.31. The van der Waals surface area contributed by atoms with Crippen molar-refractivity contribution < 1.29 is 27.5 Å². The average molecular weight is 424 g/mol. The second kappa shape index (κ2) is 8.27. The van der Waals surface area contributed by atoms with Crippen LogP contribution in [0.4, 0.5) is 18.0 Å². The number of halogens is 3. The van der Waals surface area contributed by atoms with Crippen LogP contribution < -0.4 is 5.32 Å². The summed E-state index contributed by atoms with van der Waals surface area (Å²) in [6.07, 6.45) is 0.738. The highest BCUT2D eigenvalue weighted by atomic mass is 19.2. The van der Waals surface area contributed by atoms with Crippen LogP contribution in [0.3, 0.4) is 0 Å². The van der Waals surface area contributed by atoms with E-state index in [4.69, 9.17) is 4.74 Å². The Kier molecular flexibility index (Phi) is 5.70. The van der Waals surface area contributed by atoms with E-state index >= 15 is 0 Å². The standard InChI is InChI=1S/C20H23F3N4O3/c1-25-16-11-27(4-2-3-26-5-7-30-8-6-26)19(28)17(16)18(24-20(25)29)12-9-14(22)15(23)10-13(12)21/h9-10,18H,2-8,11H2,1H3,(H,24,29). The van der Waals surface area contributed by atoms with Gasteiger partial charge in [-0.2, -0.15) is 0 Å². The number of amides is 3. The number of morpholine rings is 1. The van der Waals surface area contributed by atoms with E-state index in [0.29, 0.717) is 37.6 Å². The normalized spacial score (nSPS) is 22.6. The third kappa shape index (κ3) is 3.77. The Labute approximate surface area is 172 Å². The monoisotopic (exact) mass is 424 g/mol. The number of ether oxygens (including phenoxy) is 1. The number of nitrogens with one attached hydrogen (secondary N) is 1. The van der Waals surface area contributed by atoms with Crippen molar-refractivity contribution in [3.63, 3.8) is 0 Å². The maximum atomic E-state index is 14.4. The average Bonchev–Trinajstić information content (AvgIpc) is 3.05. The van der Waals surface area contributed by atoms with Gasteiger partial charge in [-0.05, 0) is 12.5 Å². The molecule has 3 heterocycles. The number of carbonyl (C=O) groups excluding carboxylic acids is 2. The Balaban J connectivity index is 1.53. The minimum Gasteiger partial charge on any atom is -0.379 e. The lowest BCUT2D eigenvalue weighted by Crippen LogP contribution is -2.45. The molecule has 1 atom stereocenters. The molecule has 0 saturated carbocycles. The van der Waals surface area contributed by atoms with Crippen molar-refractivity contribution in [1.82, 2.24) is 20.0 Å². The molecule has 1 aromatic rings. The molecular formula is C20H23F3N4O3. The van der Waals surface area contributed by atoms with Gasteiger partial charge in [0.15, 0.2) is 11.6 Å². The first-order chi connectivity index (χ1) is 14.4. The highest BCUT2D eigenvalue weighted by Crippen LogP contribution is 2.37. The number of carbonyl (C=O) groups is 2. The zero-order valence-corrected chi connectivity index (χ0v) is 16.6. The molecule has 0 aliphatic carbocycles. The van der Waals surface area contributed by atoms with Crippen LogP contribution in [0.2, 0.25) is 0 Å². The number of hydrogen-bond donors (Lipinski definition) is 1. The van der Waals surface area contributed by atoms with Crippen LogP contribution in [0.5, 0.6) is 0 Å². The fourth-order valence-electron chi connectivity index (χ4n) is 4.11. The summed E-state index contributed by atoms with van der Waals surface area (Å²) < 4.78 is 46.8. The molecule has 0 radical (unpaired) electrons. The molecule has 0 aromatic heterocycles. The predicted octanol–water partition coefficient (Wildman–Crippen LogP) is 1.62. The molecule has 1 fully saturated rings. The van der Waals surface area contributed by atoms with Crippen LogP contribution in [0.25, 0.3) is 0 Å². The molecular weight excluding hydrogens is 401 g/mol. The summed E-state index contributed by atoms with van der Waals surface area (Å²) in [6, 6.07) is -0.587. The zero-order valence-electron chi connectivity index (χ0n) is 16.6. The molecule has 7 nitrogen and oxygen atoms in total. The molecule has 30 heavy (non-hydrogen) atoms. The fourth-order valence-corrected chi connectivity index (χ4v) is 4.11. The molecule has 10 heteroatoms. The SMILES string of the molecule is CN1C(=O)NC(c2cc(F)c(F)cc2F)C2=C1CN(CCCN1CCOCC1)C2=O. The summed E-state index contributed by atoms with van der Waals surface area (Å²) in [4.78, 5) is 30.6. The molecule has 1 saturated heterocycles. The van der Waals surface area contributed by atoms with Gasteiger partial charge in [-0.25, -0.2) is 18.0 Å². The topological polar surface area (TPSA) is 65.1 Å². The van der Waals surface area contributed by atoms with Gasteiger partial charge in [-0.1, -0.05) is 0 Å². The van der Waals surface area contributed by atoms with Crippen molar-refractivity contribution in [3.05, 3.63) is 46.4 Å². The van der Waals surface area contributed by atoms with Crippen molar-refractivity contribution in [2.75, 3.05) is 53.0 Å². The minimum atomic E-state index is -1.33. The lowest BCUT2D eigenvalue weighted by molar-refractivity contribution is -0.125. The van der Waals surface area contributed by atoms with E-state index in [-0.39, 0.29) is 23.6 Å². The largest absolute Gasteiger partial charge is 0.379 e. The Morgan fingerprint density at radius 3 is 2.50 bits per heavy atom. The van der Waals surface area contributed by atoms with Gasteiger partial charge in [0.05, 0.1) is 37.1 Å². The molecule has 1 unspecified atom stereocenters. The molecule has 3 aliphatic rings. The Morgan fingerprint density at radius 2 is 1.77 bits per heavy atom. The van der Waals surface area contributed by atoms with Gasteiger partial charge in [-0.15, -0.1) is 0 Å². The summed E-state index contributed by atoms with van der Waals surface area (Å²) in [5.41, 5.74) is 0.365. The summed E-state index contributed by atoms with van der Waals surface area (Å²) in [5, 5.41) is 2.53. The van der Waals surface area contributed by atoms with E-state index in [2.05, 4.69) is 10.2 Å². The first kappa shape index (κ1) is 20.7. The number of urea groups is 1. The van der Waals surface area contributed by atoms with Crippen LogP contribution in [0, 0.1) is 17.5 Å². The molecule has 3 amide bonds. The number of likely N-dealkylation sites (N-methyl/N-ethyl adjacent to an activating group) is 1. The smallest absolute Gasteiger partial charge is 0.322 e. The maximum Gasteiger partial charge on any atom is 0.322 e. The third-order valence-electron chi connectivity index (χ3n) is 5.79. The van der Waals surface area contributed by atoms with Crippen molar-refractivity contribution in [2.24, 2.45) is 0 Å². The van der Waals surface area contributed by atoms with Crippen LogP contribution in [0.1, 0.15) is 18.0 Å². The van der Waals surface area contributed by atoms with Crippen molar-refractivity contribution in [2.45, 2.75) is 12.5 Å². The molecule has 1 N–H and O–H groups in total. The van der Waals surface area contributed by atoms with E-state index in [9.17, 15) is 22.8 Å². The van der Waals surface area contributed by atoms with E-state index in [1.807, 2.05) is 0 Å². The molecule has 0 bridgehead atoms. The van der Waals surface area contributed by atoms with Gasteiger partial charge in [0.25, 0.3) is 5.91 Å². The summed E-state index contributed by atoms with van der Waals surface area (Å²) in [6.45, 7) is 4.58. The summed E-state index contributed by atoms with van der Waals surface area (Å²) in [5.74, 6) is -3.93. The highest BCUT2D eigenvalue weighted by molar-refractivity contribution is 6.01. The van der Waals surface area contributed by atoms with Crippen molar-refractivity contribution in [3.8, 4) is 0 Å². The first-order valence-electron chi connectivity index (χ1n) is 9.88. The minimum absolute atomic E-state index is 0.188. The van der Waals surface area contributed by atoms with Gasteiger partial charge in [0, 0.05) is 44.9 Å². The van der Waals surface area contributed by atoms with Crippen LogP contribution in [-0.4, -0.2) is 79.6 Å². The summed E-state index contributed by atoms with van der Waals surface area (Å²) >= 11 is 0.